The molecule has 5 rings (SSSR count). The van der Waals surface area contributed by atoms with Crippen molar-refractivity contribution < 1.29 is 39.8 Å². The molecular formula is C35H37ClF5N5O4S. The van der Waals surface area contributed by atoms with Crippen molar-refractivity contribution in [2.45, 2.75) is 48.8 Å². The van der Waals surface area contributed by atoms with Gasteiger partial charge in [0.15, 0.2) is 4.90 Å². The summed E-state index contributed by atoms with van der Waals surface area (Å²) in [6, 6.07) is 11.3. The standard InChI is InChI=1S/C35H37ClF5N5O4S/c1-44(2)34(13-10-23-6-8-25(16-28(23)36)35(39,40)41)12-5-15-45(21-34)26-17-29(37)33(30(38)18-26)51(47,48)46(32-11-14-42-22-43-32)20-24-7-9-27(49-3)19-31(24)50-4/h6-9,11,14,16-19,22H,5,10,12-13,15,20-21H2,1-4H3. The second kappa shape index (κ2) is 15.2. The molecule has 1 saturated heterocycles. The number of hydrogen-bond donors (Lipinski definition) is 0. The Morgan fingerprint density at radius 1 is 0.980 bits per heavy atom. The summed E-state index contributed by atoms with van der Waals surface area (Å²) in [5, 5.41) is 0.00813. The topological polar surface area (TPSA) is 88.1 Å². The van der Waals surface area contributed by atoms with Crippen molar-refractivity contribution >= 4 is 33.1 Å². The Labute approximate surface area is 298 Å². The Morgan fingerprint density at radius 3 is 2.27 bits per heavy atom. The smallest absolute Gasteiger partial charge is 0.416 e. The molecule has 51 heavy (non-hydrogen) atoms. The number of nitrogens with zero attached hydrogens (tertiary/aromatic N) is 5. The van der Waals surface area contributed by atoms with Crippen molar-refractivity contribution in [3.8, 4) is 11.5 Å². The van der Waals surface area contributed by atoms with Gasteiger partial charge in [0.2, 0.25) is 0 Å². The Hall–Kier alpha value is -4.21. The number of rotatable bonds is 12. The monoisotopic (exact) mass is 753 g/mol. The van der Waals surface area contributed by atoms with Crippen LogP contribution in [0.2, 0.25) is 5.02 Å². The zero-order valence-corrected chi connectivity index (χ0v) is 29.9. The fraction of sp³-hybridized carbons (Fsp3) is 0.371. The molecule has 1 aliphatic rings. The van der Waals surface area contributed by atoms with Crippen LogP contribution in [0.4, 0.5) is 33.5 Å². The van der Waals surface area contributed by atoms with Crippen LogP contribution in [-0.2, 0) is 29.2 Å². The number of anilines is 2. The first-order chi connectivity index (χ1) is 24.1. The summed E-state index contributed by atoms with van der Waals surface area (Å²) in [6.45, 7) is 0.368. The molecule has 274 valence electrons. The molecule has 1 atom stereocenters. The minimum atomic E-state index is -4.90. The summed E-state index contributed by atoms with van der Waals surface area (Å²) in [5.41, 5.74) is -0.298. The Kier molecular flexibility index (Phi) is 11.3. The molecule has 1 aliphatic heterocycles. The zero-order valence-electron chi connectivity index (χ0n) is 28.3. The molecule has 0 saturated carbocycles. The number of benzene rings is 3. The SMILES string of the molecule is COc1ccc(CN(c2ccncn2)S(=O)(=O)c2c(F)cc(N3CCCC(CCc4ccc(C(F)(F)F)cc4Cl)(N(C)C)C3)cc2F)c(OC)c1. The van der Waals surface area contributed by atoms with Crippen LogP contribution >= 0.6 is 11.6 Å². The van der Waals surface area contributed by atoms with Gasteiger partial charge in [0.1, 0.15) is 35.3 Å². The predicted octanol–water partition coefficient (Wildman–Crippen LogP) is 7.37. The number of aromatic nitrogens is 2. The van der Waals surface area contributed by atoms with Crippen LogP contribution in [0.15, 0.2) is 72.0 Å². The quantitative estimate of drug-likeness (QED) is 0.139. The van der Waals surface area contributed by atoms with Crippen LogP contribution in [0.1, 0.15) is 36.0 Å². The van der Waals surface area contributed by atoms with Crippen LogP contribution in [0.25, 0.3) is 0 Å². The normalized spacial score (nSPS) is 16.7. The molecule has 0 radical (unpaired) electrons. The van der Waals surface area contributed by atoms with E-state index in [0.717, 1.165) is 34.9 Å². The molecule has 1 fully saturated rings. The average molecular weight is 754 g/mol. The van der Waals surface area contributed by atoms with Gasteiger partial charge in [-0.25, -0.2) is 31.5 Å². The van der Waals surface area contributed by atoms with Gasteiger partial charge in [-0.3, -0.25) is 0 Å². The van der Waals surface area contributed by atoms with E-state index in [1.165, 1.54) is 32.5 Å². The molecular weight excluding hydrogens is 717 g/mol. The van der Waals surface area contributed by atoms with Gasteiger partial charge >= 0.3 is 6.18 Å². The first-order valence-electron chi connectivity index (χ1n) is 15.9. The van der Waals surface area contributed by atoms with E-state index in [4.69, 9.17) is 21.1 Å². The number of hydrogen-bond acceptors (Lipinski definition) is 8. The summed E-state index contributed by atoms with van der Waals surface area (Å²) in [4.78, 5) is 10.5. The fourth-order valence-corrected chi connectivity index (χ4v) is 8.13. The minimum absolute atomic E-state index is 0.00813. The number of halogens is 6. The third-order valence-electron chi connectivity index (χ3n) is 9.27. The number of piperidine rings is 1. The van der Waals surface area contributed by atoms with E-state index in [9.17, 15) is 21.6 Å². The fourth-order valence-electron chi connectivity index (χ4n) is 6.36. The van der Waals surface area contributed by atoms with Gasteiger partial charge in [-0.1, -0.05) is 17.7 Å². The van der Waals surface area contributed by atoms with E-state index in [-0.39, 0.29) is 28.8 Å². The lowest BCUT2D eigenvalue weighted by molar-refractivity contribution is -0.137. The second-order valence-electron chi connectivity index (χ2n) is 12.4. The number of aryl methyl sites for hydroxylation is 1. The second-order valence-corrected chi connectivity index (χ2v) is 14.6. The first-order valence-corrected chi connectivity index (χ1v) is 17.7. The maximum Gasteiger partial charge on any atom is 0.416 e. The third-order valence-corrected chi connectivity index (χ3v) is 11.4. The highest BCUT2D eigenvalue weighted by Crippen LogP contribution is 2.38. The summed E-state index contributed by atoms with van der Waals surface area (Å²) in [6.07, 6.45) is 0.0992. The average Bonchev–Trinajstić information content (AvgIpc) is 3.09. The molecule has 0 N–H and O–H groups in total. The number of likely N-dealkylation sites (N-methyl/N-ethyl adjacent to an activating group) is 1. The summed E-state index contributed by atoms with van der Waals surface area (Å²) < 4.78 is 111. The molecule has 16 heteroatoms. The number of methoxy groups -OCH3 is 2. The zero-order chi connectivity index (χ0) is 37.1. The van der Waals surface area contributed by atoms with E-state index >= 15 is 8.78 Å². The van der Waals surface area contributed by atoms with Gasteiger partial charge in [0, 0.05) is 53.2 Å². The molecule has 0 aliphatic carbocycles. The molecule has 9 nitrogen and oxygen atoms in total. The molecule has 0 bridgehead atoms. The lowest BCUT2D eigenvalue weighted by Gasteiger charge is -2.48. The van der Waals surface area contributed by atoms with Crippen molar-refractivity contribution in [3.63, 3.8) is 0 Å². The van der Waals surface area contributed by atoms with Crippen LogP contribution in [0, 0.1) is 11.6 Å². The van der Waals surface area contributed by atoms with Gasteiger partial charge in [0.25, 0.3) is 10.0 Å². The highest BCUT2D eigenvalue weighted by Gasteiger charge is 2.39. The van der Waals surface area contributed by atoms with Gasteiger partial charge in [0.05, 0.1) is 26.3 Å². The predicted molar refractivity (Wildman–Crippen MR) is 184 cm³/mol. The third kappa shape index (κ3) is 8.15. The number of ether oxygens (including phenoxy) is 2. The van der Waals surface area contributed by atoms with Crippen molar-refractivity contribution in [1.29, 1.82) is 0 Å². The molecule has 3 aromatic carbocycles. The van der Waals surface area contributed by atoms with E-state index in [0.29, 0.717) is 55.6 Å². The Bertz CT molecular complexity index is 1950. The lowest BCUT2D eigenvalue weighted by atomic mass is 9.82. The van der Waals surface area contributed by atoms with Crippen molar-refractivity contribution in [2.75, 3.05) is 50.6 Å². The molecule has 2 heterocycles. The molecule has 1 unspecified atom stereocenters. The summed E-state index contributed by atoms with van der Waals surface area (Å²) >= 11 is 6.24. The Morgan fingerprint density at radius 2 is 1.69 bits per heavy atom. The van der Waals surface area contributed by atoms with Crippen LogP contribution in [-0.4, -0.2) is 70.2 Å². The lowest BCUT2D eigenvalue weighted by Crippen LogP contribution is -2.56. The number of alkyl halides is 3. The van der Waals surface area contributed by atoms with Crippen molar-refractivity contribution in [2.24, 2.45) is 0 Å². The van der Waals surface area contributed by atoms with Crippen molar-refractivity contribution in [3.05, 3.63) is 100 Å². The summed E-state index contributed by atoms with van der Waals surface area (Å²) in [7, 11) is 1.70. The van der Waals surface area contributed by atoms with E-state index in [1.54, 1.807) is 23.1 Å². The minimum Gasteiger partial charge on any atom is -0.497 e. The Balaban J connectivity index is 1.44. The largest absolute Gasteiger partial charge is 0.497 e. The van der Waals surface area contributed by atoms with E-state index in [2.05, 4.69) is 9.97 Å². The highest BCUT2D eigenvalue weighted by atomic mass is 35.5. The first kappa shape index (κ1) is 38.0. The number of sulfonamides is 1. The van der Waals surface area contributed by atoms with Gasteiger partial charge in [-0.05, 0) is 81.7 Å². The molecule has 4 aromatic rings. The van der Waals surface area contributed by atoms with Crippen LogP contribution in [0.3, 0.4) is 0 Å². The molecule has 1 aromatic heterocycles. The highest BCUT2D eigenvalue weighted by molar-refractivity contribution is 7.92. The van der Waals surface area contributed by atoms with E-state index < -0.39 is 43.8 Å². The van der Waals surface area contributed by atoms with Gasteiger partial charge in [-0.2, -0.15) is 13.2 Å². The van der Waals surface area contributed by atoms with Gasteiger partial charge < -0.3 is 19.3 Å². The molecule has 0 amide bonds. The summed E-state index contributed by atoms with van der Waals surface area (Å²) in [5.74, 6) is -1.95. The van der Waals surface area contributed by atoms with Crippen molar-refractivity contribution in [1.82, 2.24) is 14.9 Å². The van der Waals surface area contributed by atoms with Crippen LogP contribution < -0.4 is 18.7 Å². The maximum absolute atomic E-state index is 16.1. The van der Waals surface area contributed by atoms with E-state index in [1.807, 2.05) is 19.0 Å². The van der Waals surface area contributed by atoms with Crippen LogP contribution in [0.5, 0.6) is 11.5 Å². The molecule has 0 spiro atoms. The van der Waals surface area contributed by atoms with Gasteiger partial charge in [-0.15, -0.1) is 0 Å². The maximum atomic E-state index is 16.1.